The maximum atomic E-state index is 11.3. The lowest BCUT2D eigenvalue weighted by Crippen LogP contribution is -2.42. The minimum absolute atomic E-state index is 0.153. The van der Waals surface area contributed by atoms with Crippen molar-refractivity contribution in [3.05, 3.63) is 24.3 Å². The second-order valence-corrected chi connectivity index (χ2v) is 2.69. The third kappa shape index (κ3) is 2.51. The highest BCUT2D eigenvalue weighted by Gasteiger charge is 2.14. The number of carbonyl (C=O) groups is 2. The normalized spacial score (nSPS) is 11.8. The molecule has 1 atom stereocenters. The summed E-state index contributed by atoms with van der Waals surface area (Å²) in [6, 6.07) is -0.718. The molecule has 1 aromatic rings. The molecule has 1 rings (SSSR count). The van der Waals surface area contributed by atoms with Gasteiger partial charge in [0.2, 0.25) is 5.91 Å². The first kappa shape index (κ1) is 10.1. The molecule has 3 N–H and O–H groups in total. The average Bonchev–Trinajstić information content (AvgIpc) is 2.19. The molecule has 0 aliphatic carbocycles. The second-order valence-electron chi connectivity index (χ2n) is 2.69. The highest BCUT2D eigenvalue weighted by Crippen LogP contribution is 1.91. The van der Waals surface area contributed by atoms with Gasteiger partial charge in [-0.2, -0.15) is 0 Å². The summed E-state index contributed by atoms with van der Waals surface area (Å²) >= 11 is 0. The van der Waals surface area contributed by atoms with Crippen molar-refractivity contribution < 1.29 is 9.59 Å². The van der Waals surface area contributed by atoms with Crippen LogP contribution in [0.3, 0.4) is 0 Å². The molecule has 0 radical (unpaired) electrons. The molecule has 14 heavy (non-hydrogen) atoms. The number of primary amides is 1. The topological polar surface area (TPSA) is 98.0 Å². The number of nitrogens with one attached hydrogen (secondary N) is 1. The van der Waals surface area contributed by atoms with Gasteiger partial charge in [-0.05, 0) is 6.92 Å². The Morgan fingerprint density at radius 1 is 1.50 bits per heavy atom. The van der Waals surface area contributed by atoms with Crippen LogP contribution in [0.25, 0.3) is 0 Å². The standard InChI is InChI=1S/C8H10N4O2/c1-5(7(9)13)12-8(14)6-4-10-2-3-11-6/h2-5H,1H3,(H2,9,13)(H,12,14)/t5-/m0/s1. The predicted octanol–water partition coefficient (Wildman–Crippen LogP) is -0.920. The Kier molecular flexibility index (Phi) is 3.11. The van der Waals surface area contributed by atoms with Crippen LogP contribution in [0.1, 0.15) is 17.4 Å². The van der Waals surface area contributed by atoms with Crippen molar-refractivity contribution in [2.75, 3.05) is 0 Å². The molecule has 0 aliphatic rings. The summed E-state index contributed by atoms with van der Waals surface area (Å²) in [6.45, 7) is 1.50. The first-order valence-corrected chi connectivity index (χ1v) is 3.97. The van der Waals surface area contributed by atoms with E-state index in [9.17, 15) is 9.59 Å². The maximum absolute atomic E-state index is 11.3. The highest BCUT2D eigenvalue weighted by molar-refractivity contribution is 5.95. The summed E-state index contributed by atoms with van der Waals surface area (Å²) in [6.07, 6.45) is 4.15. The van der Waals surface area contributed by atoms with Crippen LogP contribution in [0, 0.1) is 0 Å². The maximum Gasteiger partial charge on any atom is 0.272 e. The predicted molar refractivity (Wildman–Crippen MR) is 48.2 cm³/mol. The molecule has 1 aromatic heterocycles. The van der Waals surface area contributed by atoms with Gasteiger partial charge < -0.3 is 11.1 Å². The molecule has 0 saturated carbocycles. The largest absolute Gasteiger partial charge is 0.368 e. The first-order chi connectivity index (χ1) is 6.61. The Morgan fingerprint density at radius 3 is 2.71 bits per heavy atom. The summed E-state index contributed by atoms with van der Waals surface area (Å²) in [5.41, 5.74) is 5.13. The molecule has 6 nitrogen and oxygen atoms in total. The molecule has 0 aromatic carbocycles. The van der Waals surface area contributed by atoms with Crippen LogP contribution < -0.4 is 11.1 Å². The Hall–Kier alpha value is -1.98. The summed E-state index contributed by atoms with van der Waals surface area (Å²) in [7, 11) is 0. The lowest BCUT2D eigenvalue weighted by atomic mass is 10.3. The van der Waals surface area contributed by atoms with Crippen molar-refractivity contribution in [1.29, 1.82) is 0 Å². The van der Waals surface area contributed by atoms with Crippen molar-refractivity contribution in [2.24, 2.45) is 5.73 Å². The second kappa shape index (κ2) is 4.31. The third-order valence-electron chi connectivity index (χ3n) is 1.57. The summed E-state index contributed by atoms with van der Waals surface area (Å²) < 4.78 is 0. The minimum atomic E-state index is -0.718. The number of rotatable bonds is 3. The van der Waals surface area contributed by atoms with Gasteiger partial charge >= 0.3 is 0 Å². The van der Waals surface area contributed by atoms with E-state index in [4.69, 9.17) is 5.73 Å². The molecule has 1 heterocycles. The lowest BCUT2D eigenvalue weighted by molar-refractivity contribution is -0.119. The molecule has 74 valence electrons. The van der Waals surface area contributed by atoms with E-state index in [1.165, 1.54) is 25.5 Å². The van der Waals surface area contributed by atoms with Crippen molar-refractivity contribution >= 4 is 11.8 Å². The van der Waals surface area contributed by atoms with Gasteiger partial charge in [-0.15, -0.1) is 0 Å². The first-order valence-electron chi connectivity index (χ1n) is 3.97. The number of hydrogen-bond donors (Lipinski definition) is 2. The molecule has 0 unspecified atom stereocenters. The molecule has 2 amide bonds. The Labute approximate surface area is 80.5 Å². The van der Waals surface area contributed by atoms with Gasteiger partial charge in [0.25, 0.3) is 5.91 Å². The van der Waals surface area contributed by atoms with Crippen LogP contribution in [0.5, 0.6) is 0 Å². The van der Waals surface area contributed by atoms with E-state index in [1.54, 1.807) is 0 Å². The van der Waals surface area contributed by atoms with E-state index in [0.717, 1.165) is 0 Å². The van der Waals surface area contributed by atoms with E-state index in [0.29, 0.717) is 0 Å². The van der Waals surface area contributed by atoms with Crippen molar-refractivity contribution in [3.8, 4) is 0 Å². The zero-order chi connectivity index (χ0) is 10.6. The van der Waals surface area contributed by atoms with Crippen molar-refractivity contribution in [3.63, 3.8) is 0 Å². The zero-order valence-corrected chi connectivity index (χ0v) is 7.60. The van der Waals surface area contributed by atoms with Crippen LogP contribution >= 0.6 is 0 Å². The van der Waals surface area contributed by atoms with Crippen molar-refractivity contribution in [1.82, 2.24) is 15.3 Å². The number of carbonyl (C=O) groups excluding carboxylic acids is 2. The third-order valence-corrected chi connectivity index (χ3v) is 1.57. The molecule has 0 saturated heterocycles. The van der Waals surface area contributed by atoms with E-state index >= 15 is 0 Å². The van der Waals surface area contributed by atoms with Crippen LogP contribution in [0.2, 0.25) is 0 Å². The smallest absolute Gasteiger partial charge is 0.272 e. The molecule has 0 fully saturated rings. The minimum Gasteiger partial charge on any atom is -0.368 e. The van der Waals surface area contributed by atoms with Gasteiger partial charge in [0.1, 0.15) is 11.7 Å². The molecular weight excluding hydrogens is 184 g/mol. The summed E-state index contributed by atoms with van der Waals surface area (Å²) in [5, 5.41) is 2.38. The van der Waals surface area contributed by atoms with Gasteiger partial charge in [0.15, 0.2) is 0 Å². The monoisotopic (exact) mass is 194 g/mol. The summed E-state index contributed by atoms with van der Waals surface area (Å²) in [5.74, 6) is -1.06. The van der Waals surface area contributed by atoms with Crippen LogP contribution in [0.15, 0.2) is 18.6 Å². The fraction of sp³-hybridized carbons (Fsp3) is 0.250. The van der Waals surface area contributed by atoms with Crippen LogP contribution in [-0.4, -0.2) is 27.8 Å². The zero-order valence-electron chi connectivity index (χ0n) is 7.60. The van der Waals surface area contributed by atoms with Gasteiger partial charge in [-0.25, -0.2) is 4.98 Å². The molecular formula is C8H10N4O2. The van der Waals surface area contributed by atoms with Gasteiger partial charge in [0, 0.05) is 12.4 Å². The van der Waals surface area contributed by atoms with E-state index < -0.39 is 17.9 Å². The average molecular weight is 194 g/mol. The highest BCUT2D eigenvalue weighted by atomic mass is 16.2. The summed E-state index contributed by atoms with van der Waals surface area (Å²) in [4.78, 5) is 29.5. The number of hydrogen-bond acceptors (Lipinski definition) is 4. The van der Waals surface area contributed by atoms with E-state index in [-0.39, 0.29) is 5.69 Å². The molecule has 0 bridgehead atoms. The fourth-order valence-corrected chi connectivity index (χ4v) is 0.758. The van der Waals surface area contributed by atoms with Crippen molar-refractivity contribution in [2.45, 2.75) is 13.0 Å². The molecule has 0 aliphatic heterocycles. The lowest BCUT2D eigenvalue weighted by Gasteiger charge is -2.08. The molecule has 6 heteroatoms. The SMILES string of the molecule is C[C@H](NC(=O)c1cnccn1)C(N)=O. The Balaban J connectivity index is 2.64. The number of nitrogens with two attached hydrogens (primary N) is 1. The quantitative estimate of drug-likeness (QED) is 0.650. The number of aromatic nitrogens is 2. The Morgan fingerprint density at radius 2 is 2.21 bits per heavy atom. The van der Waals surface area contributed by atoms with E-state index in [1.807, 2.05) is 0 Å². The number of amides is 2. The fourth-order valence-electron chi connectivity index (χ4n) is 0.758. The molecule has 0 spiro atoms. The van der Waals surface area contributed by atoms with Crippen LogP contribution in [-0.2, 0) is 4.79 Å². The Bertz CT molecular complexity index is 338. The van der Waals surface area contributed by atoms with Gasteiger partial charge in [-0.3, -0.25) is 14.6 Å². The number of nitrogens with zero attached hydrogens (tertiary/aromatic N) is 2. The van der Waals surface area contributed by atoms with E-state index in [2.05, 4.69) is 15.3 Å². The van der Waals surface area contributed by atoms with Crippen LogP contribution in [0.4, 0.5) is 0 Å². The van der Waals surface area contributed by atoms with Gasteiger partial charge in [0.05, 0.1) is 6.20 Å². The van der Waals surface area contributed by atoms with Gasteiger partial charge in [-0.1, -0.05) is 0 Å².